The Morgan fingerprint density at radius 2 is 2.00 bits per heavy atom. The number of aromatic amines is 1. The third-order valence-corrected chi connectivity index (χ3v) is 3.65. The Hall–Kier alpha value is -1.77. The van der Waals surface area contributed by atoms with Crippen molar-refractivity contribution in [1.29, 1.82) is 0 Å². The summed E-state index contributed by atoms with van der Waals surface area (Å²) in [4.78, 5) is 15.1. The number of aromatic nitrogens is 1. The average molecular weight is 258 g/mol. The quantitative estimate of drug-likeness (QED) is 0.819. The van der Waals surface area contributed by atoms with Crippen molar-refractivity contribution >= 4 is 16.8 Å². The lowest BCUT2D eigenvalue weighted by molar-refractivity contribution is -0.121. The van der Waals surface area contributed by atoms with Gasteiger partial charge in [-0.15, -0.1) is 0 Å². The van der Waals surface area contributed by atoms with E-state index in [2.05, 4.69) is 36.3 Å². The first-order valence-electron chi connectivity index (χ1n) is 7.09. The highest BCUT2D eigenvalue weighted by Crippen LogP contribution is 2.18. The van der Waals surface area contributed by atoms with Crippen LogP contribution < -0.4 is 5.32 Å². The molecular weight excluding hydrogens is 236 g/mol. The maximum absolute atomic E-state index is 11.9. The molecule has 1 amide bonds. The molecule has 0 unspecified atom stereocenters. The molecule has 2 aromatic rings. The van der Waals surface area contributed by atoms with E-state index in [9.17, 15) is 4.79 Å². The predicted molar refractivity (Wildman–Crippen MR) is 79.1 cm³/mol. The van der Waals surface area contributed by atoms with Gasteiger partial charge in [-0.1, -0.05) is 32.0 Å². The molecule has 0 saturated heterocycles. The van der Waals surface area contributed by atoms with Crippen molar-refractivity contribution in [2.75, 3.05) is 0 Å². The largest absolute Gasteiger partial charge is 0.361 e. The van der Waals surface area contributed by atoms with Crippen LogP contribution in [0.1, 0.15) is 38.7 Å². The first kappa shape index (κ1) is 13.7. The van der Waals surface area contributed by atoms with Crippen molar-refractivity contribution in [3.8, 4) is 0 Å². The molecule has 19 heavy (non-hydrogen) atoms. The van der Waals surface area contributed by atoms with Crippen LogP contribution in [0.4, 0.5) is 0 Å². The van der Waals surface area contributed by atoms with Crippen molar-refractivity contribution in [3.05, 3.63) is 36.0 Å². The highest BCUT2D eigenvalue weighted by molar-refractivity contribution is 5.84. The number of rotatable bonds is 6. The summed E-state index contributed by atoms with van der Waals surface area (Å²) in [7, 11) is 0. The van der Waals surface area contributed by atoms with E-state index in [4.69, 9.17) is 0 Å². The van der Waals surface area contributed by atoms with Crippen LogP contribution in [0.5, 0.6) is 0 Å². The minimum Gasteiger partial charge on any atom is -0.361 e. The zero-order chi connectivity index (χ0) is 13.7. The Kier molecular flexibility index (Phi) is 4.61. The Balaban J connectivity index is 1.93. The SMILES string of the molecule is CCC(CC)NC(=O)CCc1c[nH]c2ccccc12. The summed E-state index contributed by atoms with van der Waals surface area (Å²) in [6.45, 7) is 4.21. The summed E-state index contributed by atoms with van der Waals surface area (Å²) in [6.07, 6.45) is 5.34. The molecule has 0 aliphatic carbocycles. The molecule has 2 rings (SSSR count). The summed E-state index contributed by atoms with van der Waals surface area (Å²) in [6, 6.07) is 8.52. The number of fused-ring (bicyclic) bond motifs is 1. The molecule has 3 heteroatoms. The first-order valence-corrected chi connectivity index (χ1v) is 7.09. The summed E-state index contributed by atoms with van der Waals surface area (Å²) in [5.41, 5.74) is 2.35. The fourth-order valence-corrected chi connectivity index (χ4v) is 2.38. The molecule has 102 valence electrons. The molecule has 0 bridgehead atoms. The Morgan fingerprint density at radius 1 is 1.26 bits per heavy atom. The highest BCUT2D eigenvalue weighted by Gasteiger charge is 2.09. The standard InChI is InChI=1S/C16H22N2O/c1-3-13(4-2)18-16(19)10-9-12-11-17-15-8-6-5-7-14(12)15/h5-8,11,13,17H,3-4,9-10H2,1-2H3,(H,18,19). The van der Waals surface area contributed by atoms with Crippen LogP contribution in [0.3, 0.4) is 0 Å². The molecule has 1 aromatic heterocycles. The molecule has 0 saturated carbocycles. The normalized spacial score (nSPS) is 11.1. The topological polar surface area (TPSA) is 44.9 Å². The number of carbonyl (C=O) groups excluding carboxylic acids is 1. The van der Waals surface area contributed by atoms with Crippen LogP contribution in [0.25, 0.3) is 10.9 Å². The zero-order valence-corrected chi connectivity index (χ0v) is 11.7. The molecule has 0 radical (unpaired) electrons. The Morgan fingerprint density at radius 3 is 2.74 bits per heavy atom. The summed E-state index contributed by atoms with van der Waals surface area (Å²) >= 11 is 0. The van der Waals surface area contributed by atoms with Crippen molar-refractivity contribution in [3.63, 3.8) is 0 Å². The van der Waals surface area contributed by atoms with Crippen LogP contribution in [-0.2, 0) is 11.2 Å². The van der Waals surface area contributed by atoms with Gasteiger partial charge in [0.2, 0.25) is 5.91 Å². The van der Waals surface area contributed by atoms with Crippen LogP contribution >= 0.6 is 0 Å². The van der Waals surface area contributed by atoms with Gasteiger partial charge in [0.15, 0.2) is 0 Å². The average Bonchev–Trinajstić information content (AvgIpc) is 2.86. The molecule has 2 N–H and O–H groups in total. The molecule has 0 spiro atoms. The van der Waals surface area contributed by atoms with E-state index >= 15 is 0 Å². The second-order valence-corrected chi connectivity index (χ2v) is 4.94. The number of para-hydroxylation sites is 1. The third kappa shape index (κ3) is 3.37. The minimum absolute atomic E-state index is 0.152. The van der Waals surface area contributed by atoms with E-state index in [0.29, 0.717) is 12.5 Å². The van der Waals surface area contributed by atoms with Gasteiger partial charge in [-0.05, 0) is 30.9 Å². The van der Waals surface area contributed by atoms with Crippen LogP contribution in [-0.4, -0.2) is 16.9 Å². The van der Waals surface area contributed by atoms with Crippen LogP contribution in [0.2, 0.25) is 0 Å². The van der Waals surface area contributed by atoms with E-state index in [1.807, 2.05) is 18.3 Å². The molecule has 1 aromatic carbocycles. The minimum atomic E-state index is 0.152. The van der Waals surface area contributed by atoms with Crippen molar-refractivity contribution in [2.45, 2.75) is 45.6 Å². The van der Waals surface area contributed by atoms with Gasteiger partial charge in [-0.2, -0.15) is 0 Å². The van der Waals surface area contributed by atoms with Gasteiger partial charge in [0.05, 0.1) is 0 Å². The second-order valence-electron chi connectivity index (χ2n) is 4.94. The number of nitrogens with one attached hydrogen (secondary N) is 2. The van der Waals surface area contributed by atoms with Gasteiger partial charge in [0.25, 0.3) is 0 Å². The van der Waals surface area contributed by atoms with E-state index in [1.165, 1.54) is 10.9 Å². The number of carbonyl (C=O) groups is 1. The van der Waals surface area contributed by atoms with Gasteiger partial charge in [-0.25, -0.2) is 0 Å². The third-order valence-electron chi connectivity index (χ3n) is 3.65. The predicted octanol–water partition coefficient (Wildman–Crippen LogP) is 3.41. The van der Waals surface area contributed by atoms with E-state index in [1.54, 1.807) is 0 Å². The summed E-state index contributed by atoms with van der Waals surface area (Å²) in [5.74, 6) is 0.152. The smallest absolute Gasteiger partial charge is 0.220 e. The fourth-order valence-electron chi connectivity index (χ4n) is 2.38. The molecule has 0 atom stereocenters. The lowest BCUT2D eigenvalue weighted by Crippen LogP contribution is -2.33. The van der Waals surface area contributed by atoms with E-state index < -0.39 is 0 Å². The second kappa shape index (κ2) is 6.41. The number of benzene rings is 1. The molecule has 0 aliphatic heterocycles. The highest BCUT2D eigenvalue weighted by atomic mass is 16.1. The first-order chi connectivity index (χ1) is 9.24. The van der Waals surface area contributed by atoms with Gasteiger partial charge < -0.3 is 10.3 Å². The van der Waals surface area contributed by atoms with Crippen molar-refractivity contribution in [1.82, 2.24) is 10.3 Å². The van der Waals surface area contributed by atoms with Crippen LogP contribution in [0.15, 0.2) is 30.5 Å². The van der Waals surface area contributed by atoms with Gasteiger partial charge in [0, 0.05) is 29.6 Å². The van der Waals surface area contributed by atoms with Crippen LogP contribution in [0, 0.1) is 0 Å². The number of hydrogen-bond donors (Lipinski definition) is 2. The molecule has 1 heterocycles. The summed E-state index contributed by atoms with van der Waals surface area (Å²) in [5, 5.41) is 4.30. The molecular formula is C16H22N2O. The summed E-state index contributed by atoms with van der Waals surface area (Å²) < 4.78 is 0. The number of hydrogen-bond acceptors (Lipinski definition) is 1. The van der Waals surface area contributed by atoms with Gasteiger partial charge >= 0.3 is 0 Å². The fraction of sp³-hybridized carbons (Fsp3) is 0.438. The number of H-pyrrole nitrogens is 1. The van der Waals surface area contributed by atoms with Crippen molar-refractivity contribution in [2.24, 2.45) is 0 Å². The lowest BCUT2D eigenvalue weighted by atomic mass is 10.1. The van der Waals surface area contributed by atoms with E-state index in [0.717, 1.165) is 24.8 Å². The molecule has 3 nitrogen and oxygen atoms in total. The monoisotopic (exact) mass is 258 g/mol. The number of amides is 1. The van der Waals surface area contributed by atoms with Crippen molar-refractivity contribution < 1.29 is 4.79 Å². The Bertz CT molecular complexity index is 540. The van der Waals surface area contributed by atoms with Gasteiger partial charge in [-0.3, -0.25) is 4.79 Å². The van der Waals surface area contributed by atoms with Gasteiger partial charge in [0.1, 0.15) is 0 Å². The molecule has 0 aliphatic rings. The maximum atomic E-state index is 11.9. The van der Waals surface area contributed by atoms with E-state index in [-0.39, 0.29) is 5.91 Å². The number of aryl methyl sites for hydroxylation is 1. The molecule has 0 fully saturated rings. The Labute approximate surface area is 114 Å². The zero-order valence-electron chi connectivity index (χ0n) is 11.7. The maximum Gasteiger partial charge on any atom is 0.220 e. The lowest BCUT2D eigenvalue weighted by Gasteiger charge is -2.14.